The third-order valence-electron chi connectivity index (χ3n) is 4.44. The second-order valence-electron chi connectivity index (χ2n) is 6.40. The van der Waals surface area contributed by atoms with Gasteiger partial charge in [-0.3, -0.25) is 9.20 Å². The van der Waals surface area contributed by atoms with E-state index in [2.05, 4.69) is 20.3 Å². The van der Waals surface area contributed by atoms with Crippen molar-refractivity contribution in [3.05, 3.63) is 58.6 Å². The Hall–Kier alpha value is -3.04. The summed E-state index contributed by atoms with van der Waals surface area (Å²) < 4.78 is 15.4. The van der Waals surface area contributed by atoms with E-state index in [1.165, 1.54) is 34.8 Å². The quantitative estimate of drug-likeness (QED) is 0.453. The smallest absolute Gasteiger partial charge is 0.232 e. The van der Waals surface area contributed by atoms with E-state index in [9.17, 15) is 9.18 Å². The number of nitrogens with zero attached hydrogens (tertiary/aromatic N) is 3. The van der Waals surface area contributed by atoms with Gasteiger partial charge >= 0.3 is 0 Å². The van der Waals surface area contributed by atoms with Crippen LogP contribution in [0.5, 0.6) is 0 Å². The average molecular weight is 411 g/mol. The zero-order chi connectivity index (χ0) is 19.3. The van der Waals surface area contributed by atoms with Crippen LogP contribution in [-0.4, -0.2) is 25.3 Å². The molecule has 0 spiro atoms. The van der Waals surface area contributed by atoms with E-state index >= 15 is 0 Å². The summed E-state index contributed by atoms with van der Waals surface area (Å²) in [6.45, 7) is 1.93. The number of hydrogen-bond acceptors (Lipinski definition) is 5. The minimum absolute atomic E-state index is 0.163. The number of anilines is 1. The molecule has 0 saturated heterocycles. The van der Waals surface area contributed by atoms with E-state index in [0.29, 0.717) is 5.13 Å². The van der Waals surface area contributed by atoms with Crippen LogP contribution in [0, 0.1) is 12.7 Å². The molecule has 0 radical (unpaired) electrons. The van der Waals surface area contributed by atoms with E-state index < -0.39 is 0 Å². The largest absolute Gasteiger partial charge is 0.358 e. The van der Waals surface area contributed by atoms with Gasteiger partial charge in [0.15, 0.2) is 10.1 Å². The number of carbonyl (C=O) groups excluding carboxylic acids is 1. The third kappa shape index (κ3) is 2.98. The Kier molecular flexibility index (Phi) is 3.99. The van der Waals surface area contributed by atoms with Crippen molar-refractivity contribution in [3.63, 3.8) is 0 Å². The molecule has 1 amide bonds. The van der Waals surface area contributed by atoms with Crippen molar-refractivity contribution in [1.29, 1.82) is 0 Å². The molecule has 0 aliphatic carbocycles. The summed E-state index contributed by atoms with van der Waals surface area (Å²) >= 11 is 2.89. The van der Waals surface area contributed by atoms with Crippen LogP contribution >= 0.6 is 22.7 Å². The monoisotopic (exact) mass is 411 g/mol. The van der Waals surface area contributed by atoms with E-state index in [1.807, 2.05) is 34.5 Å². The summed E-state index contributed by atoms with van der Waals surface area (Å²) in [5.41, 5.74) is 4.02. The number of aromatic amines is 1. The lowest BCUT2D eigenvalue weighted by atomic mass is 10.1. The van der Waals surface area contributed by atoms with Gasteiger partial charge in [-0.05, 0) is 25.1 Å². The van der Waals surface area contributed by atoms with Gasteiger partial charge in [0, 0.05) is 45.3 Å². The fraction of sp³-hybridized carbons (Fsp3) is 0.105. The van der Waals surface area contributed by atoms with Gasteiger partial charge in [0.2, 0.25) is 5.91 Å². The highest BCUT2D eigenvalue weighted by Gasteiger charge is 2.16. The summed E-state index contributed by atoms with van der Waals surface area (Å²) in [7, 11) is 0. The van der Waals surface area contributed by atoms with Gasteiger partial charge in [-0.15, -0.1) is 22.7 Å². The van der Waals surface area contributed by atoms with Crippen LogP contribution < -0.4 is 5.32 Å². The zero-order valence-electron chi connectivity index (χ0n) is 14.7. The second kappa shape index (κ2) is 6.54. The normalized spacial score (nSPS) is 11.5. The SMILES string of the molecule is Cc1[nH]c2cc(F)ccc2c1-c1csc(NC(=O)Cc2cn3ccsc3n2)n1. The number of H-pyrrole nitrogens is 1. The number of imidazole rings is 1. The number of hydrogen-bond donors (Lipinski definition) is 2. The van der Waals surface area contributed by atoms with Crippen LogP contribution in [0.1, 0.15) is 11.4 Å². The Morgan fingerprint density at radius 3 is 3.07 bits per heavy atom. The first-order chi connectivity index (χ1) is 13.6. The molecule has 0 aliphatic heterocycles. The molecule has 0 aliphatic rings. The molecule has 2 N–H and O–H groups in total. The molecular formula is C19H14FN5OS2. The number of aryl methyl sites for hydroxylation is 1. The number of aromatic nitrogens is 4. The number of amides is 1. The first-order valence-electron chi connectivity index (χ1n) is 8.51. The Balaban J connectivity index is 1.37. The highest BCUT2D eigenvalue weighted by atomic mass is 32.1. The van der Waals surface area contributed by atoms with Crippen molar-refractivity contribution in [3.8, 4) is 11.3 Å². The Bertz CT molecular complexity index is 1300. The first kappa shape index (κ1) is 17.1. The molecule has 4 heterocycles. The summed E-state index contributed by atoms with van der Waals surface area (Å²) in [6.07, 6.45) is 3.96. The van der Waals surface area contributed by atoms with Gasteiger partial charge in [-0.25, -0.2) is 14.4 Å². The van der Waals surface area contributed by atoms with Crippen LogP contribution in [0.25, 0.3) is 27.1 Å². The fourth-order valence-corrected chi connectivity index (χ4v) is 4.71. The molecule has 6 nitrogen and oxygen atoms in total. The topological polar surface area (TPSA) is 75.1 Å². The van der Waals surface area contributed by atoms with Crippen LogP contribution in [0.4, 0.5) is 9.52 Å². The number of nitrogens with one attached hydrogen (secondary N) is 2. The summed E-state index contributed by atoms with van der Waals surface area (Å²) in [6, 6.07) is 4.64. The van der Waals surface area contributed by atoms with E-state index in [0.717, 1.165) is 38.5 Å². The van der Waals surface area contributed by atoms with E-state index in [1.54, 1.807) is 6.07 Å². The molecule has 1 aromatic carbocycles. The van der Waals surface area contributed by atoms with Gasteiger partial charge in [0.05, 0.1) is 17.8 Å². The predicted octanol–water partition coefficient (Wildman–Crippen LogP) is 4.63. The molecule has 9 heteroatoms. The van der Waals surface area contributed by atoms with Crippen LogP contribution in [-0.2, 0) is 11.2 Å². The van der Waals surface area contributed by atoms with Gasteiger partial charge in [0.1, 0.15) is 5.82 Å². The molecule has 140 valence electrons. The molecule has 5 aromatic rings. The lowest BCUT2D eigenvalue weighted by Gasteiger charge is -2.00. The number of halogens is 1. The number of rotatable bonds is 4. The number of carbonyl (C=O) groups is 1. The van der Waals surface area contributed by atoms with Gasteiger partial charge in [0.25, 0.3) is 0 Å². The highest BCUT2D eigenvalue weighted by Crippen LogP contribution is 2.34. The Labute approximate surface area is 166 Å². The summed E-state index contributed by atoms with van der Waals surface area (Å²) in [5.74, 6) is -0.449. The van der Waals surface area contributed by atoms with Crippen molar-refractivity contribution in [1.82, 2.24) is 19.4 Å². The molecule has 0 unspecified atom stereocenters. The summed E-state index contributed by atoms with van der Waals surface area (Å²) in [4.78, 5) is 25.4. The molecule has 5 rings (SSSR count). The van der Waals surface area contributed by atoms with E-state index in [-0.39, 0.29) is 18.1 Å². The molecule has 0 fully saturated rings. The molecule has 0 saturated carbocycles. The first-order valence-corrected chi connectivity index (χ1v) is 10.3. The molecule has 0 bridgehead atoms. The fourth-order valence-electron chi connectivity index (χ4n) is 3.27. The minimum atomic E-state index is -0.286. The highest BCUT2D eigenvalue weighted by molar-refractivity contribution is 7.15. The van der Waals surface area contributed by atoms with Crippen molar-refractivity contribution < 1.29 is 9.18 Å². The van der Waals surface area contributed by atoms with Crippen molar-refractivity contribution in [2.45, 2.75) is 13.3 Å². The number of thiazole rings is 2. The van der Waals surface area contributed by atoms with Crippen molar-refractivity contribution in [2.75, 3.05) is 5.32 Å². The van der Waals surface area contributed by atoms with Crippen molar-refractivity contribution in [2.24, 2.45) is 0 Å². The third-order valence-corrected chi connectivity index (χ3v) is 5.97. The van der Waals surface area contributed by atoms with Gasteiger partial charge in [-0.1, -0.05) is 0 Å². The summed E-state index contributed by atoms with van der Waals surface area (Å²) in [5, 5.41) is 8.10. The van der Waals surface area contributed by atoms with Crippen molar-refractivity contribution >= 4 is 49.6 Å². The molecule has 4 aromatic heterocycles. The van der Waals surface area contributed by atoms with Crippen LogP contribution in [0.2, 0.25) is 0 Å². The Morgan fingerprint density at radius 1 is 1.32 bits per heavy atom. The Morgan fingerprint density at radius 2 is 2.21 bits per heavy atom. The predicted molar refractivity (Wildman–Crippen MR) is 110 cm³/mol. The molecule has 28 heavy (non-hydrogen) atoms. The maximum absolute atomic E-state index is 13.5. The maximum Gasteiger partial charge on any atom is 0.232 e. The minimum Gasteiger partial charge on any atom is -0.358 e. The second-order valence-corrected chi connectivity index (χ2v) is 8.13. The van der Waals surface area contributed by atoms with Gasteiger partial charge in [-0.2, -0.15) is 0 Å². The van der Waals surface area contributed by atoms with E-state index in [4.69, 9.17) is 0 Å². The standard InChI is InChI=1S/C19H14FN5OS2/c1-10-17(13-3-2-11(20)6-14(13)21-10)15-9-28-18(23-15)24-16(26)7-12-8-25-4-5-27-19(25)22-12/h2-6,8-9,21H,7H2,1H3,(H,23,24,26). The van der Waals surface area contributed by atoms with Crippen LogP contribution in [0.15, 0.2) is 41.4 Å². The lowest BCUT2D eigenvalue weighted by molar-refractivity contribution is -0.115. The zero-order valence-corrected chi connectivity index (χ0v) is 16.3. The maximum atomic E-state index is 13.5. The van der Waals surface area contributed by atoms with Crippen LogP contribution in [0.3, 0.4) is 0 Å². The number of benzene rings is 1. The van der Waals surface area contributed by atoms with Gasteiger partial charge < -0.3 is 10.3 Å². The number of fused-ring (bicyclic) bond motifs is 2. The molecular weight excluding hydrogens is 397 g/mol. The molecule has 0 atom stereocenters. The average Bonchev–Trinajstić information content (AvgIpc) is 3.37. The lowest BCUT2D eigenvalue weighted by Crippen LogP contribution is -2.14.